The van der Waals surface area contributed by atoms with E-state index < -0.39 is 0 Å². The fourth-order valence-electron chi connectivity index (χ4n) is 4.85. The summed E-state index contributed by atoms with van der Waals surface area (Å²) in [5.74, 6) is 0. The van der Waals surface area contributed by atoms with E-state index >= 15 is 0 Å². The molecule has 39 heavy (non-hydrogen) atoms. The van der Waals surface area contributed by atoms with Gasteiger partial charge in [0, 0.05) is 17.1 Å². The molecule has 0 aromatic heterocycles. The molecule has 6 aromatic carbocycles. The van der Waals surface area contributed by atoms with E-state index in [0.29, 0.717) is 0 Å². The van der Waals surface area contributed by atoms with E-state index in [1.165, 1.54) is 33.4 Å². The smallest absolute Gasteiger partial charge is 0.0473 e. The summed E-state index contributed by atoms with van der Waals surface area (Å²) >= 11 is 0. The van der Waals surface area contributed by atoms with Crippen molar-refractivity contribution in [1.29, 1.82) is 0 Å². The Balaban J connectivity index is 1.45. The van der Waals surface area contributed by atoms with Gasteiger partial charge in [-0.15, -0.1) is 0 Å². The summed E-state index contributed by atoms with van der Waals surface area (Å²) in [4.78, 5) is 2.34. The summed E-state index contributed by atoms with van der Waals surface area (Å²) in [6.07, 6.45) is 4.31. The lowest BCUT2D eigenvalue weighted by Crippen LogP contribution is -2.10. The quantitative estimate of drug-likeness (QED) is 0.197. The third-order valence-corrected chi connectivity index (χ3v) is 6.82. The Morgan fingerprint density at radius 1 is 0.308 bits per heavy atom. The molecule has 0 aliphatic rings. The fourth-order valence-corrected chi connectivity index (χ4v) is 4.85. The van der Waals surface area contributed by atoms with Crippen LogP contribution in [0.2, 0.25) is 0 Å². The van der Waals surface area contributed by atoms with E-state index in [2.05, 4.69) is 175 Å². The molecule has 1 heteroatoms. The summed E-state index contributed by atoms with van der Waals surface area (Å²) < 4.78 is 0. The predicted octanol–water partition coefficient (Wildman–Crippen LogP) is 10.7. The molecule has 0 N–H and O–H groups in total. The van der Waals surface area contributed by atoms with Crippen molar-refractivity contribution in [2.24, 2.45) is 0 Å². The van der Waals surface area contributed by atoms with Crippen LogP contribution in [0.3, 0.4) is 0 Å². The number of benzene rings is 6. The molecule has 6 rings (SSSR count). The Labute approximate surface area is 231 Å². The lowest BCUT2D eigenvalue weighted by Gasteiger charge is -2.27. The Hall–Kier alpha value is -5.14. The molecule has 0 heterocycles. The van der Waals surface area contributed by atoms with Crippen molar-refractivity contribution in [3.05, 3.63) is 175 Å². The minimum Gasteiger partial charge on any atom is -0.310 e. The largest absolute Gasteiger partial charge is 0.310 e. The molecule has 0 saturated heterocycles. The van der Waals surface area contributed by atoms with Gasteiger partial charge in [-0.1, -0.05) is 133 Å². The van der Waals surface area contributed by atoms with Crippen LogP contribution in [0.25, 0.3) is 34.4 Å². The summed E-state index contributed by atoms with van der Waals surface area (Å²) in [5, 5.41) is 0. The molecule has 0 atom stereocenters. The van der Waals surface area contributed by atoms with Gasteiger partial charge in [0.2, 0.25) is 0 Å². The SMILES string of the molecule is C(=C\c1ccc(N(c2ccccc2)c2cc(-c3ccccc3)cc(-c3ccccc3)c2)cc1)/c1ccccc1. The molecular weight excluding hydrogens is 470 g/mol. The average Bonchev–Trinajstić information content (AvgIpc) is 3.02. The second kappa shape index (κ2) is 11.5. The highest BCUT2D eigenvalue weighted by atomic mass is 15.1. The highest BCUT2D eigenvalue weighted by Gasteiger charge is 2.15. The first-order valence-electron chi connectivity index (χ1n) is 13.3. The van der Waals surface area contributed by atoms with Crippen molar-refractivity contribution >= 4 is 29.2 Å². The molecule has 186 valence electrons. The van der Waals surface area contributed by atoms with Gasteiger partial charge in [0.1, 0.15) is 0 Å². The molecule has 0 amide bonds. The molecule has 1 nitrogen and oxygen atoms in total. The highest BCUT2D eigenvalue weighted by Crippen LogP contribution is 2.39. The molecule has 0 saturated carbocycles. The standard InChI is InChI=1S/C38H29N/c1-5-13-30(14-6-1)21-22-31-23-25-37(26-24-31)39(36-19-11-4-12-20-36)38-28-34(32-15-7-2-8-16-32)27-35(29-38)33-17-9-3-10-18-33/h1-29H/b22-21+. The molecule has 0 aliphatic heterocycles. The summed E-state index contributed by atoms with van der Waals surface area (Å²) in [5.41, 5.74) is 10.5. The summed E-state index contributed by atoms with van der Waals surface area (Å²) in [7, 11) is 0. The van der Waals surface area contributed by atoms with Gasteiger partial charge in [-0.25, -0.2) is 0 Å². The van der Waals surface area contributed by atoms with Crippen LogP contribution < -0.4 is 4.90 Å². The van der Waals surface area contributed by atoms with E-state index in [9.17, 15) is 0 Å². The van der Waals surface area contributed by atoms with Gasteiger partial charge in [-0.05, 0) is 75.8 Å². The molecule has 0 spiro atoms. The van der Waals surface area contributed by atoms with E-state index in [0.717, 1.165) is 17.1 Å². The van der Waals surface area contributed by atoms with Gasteiger partial charge in [0.25, 0.3) is 0 Å². The Morgan fingerprint density at radius 2 is 0.718 bits per heavy atom. The first kappa shape index (κ1) is 24.2. The molecule has 0 radical (unpaired) electrons. The molecule has 0 fully saturated rings. The van der Waals surface area contributed by atoms with Crippen LogP contribution >= 0.6 is 0 Å². The van der Waals surface area contributed by atoms with Crippen molar-refractivity contribution in [2.45, 2.75) is 0 Å². The molecule has 0 aliphatic carbocycles. The minimum atomic E-state index is 1.11. The number of rotatable bonds is 7. The topological polar surface area (TPSA) is 3.24 Å². The van der Waals surface area contributed by atoms with Gasteiger partial charge < -0.3 is 4.90 Å². The van der Waals surface area contributed by atoms with Crippen molar-refractivity contribution in [2.75, 3.05) is 4.90 Å². The molecular formula is C38H29N. The zero-order chi connectivity index (χ0) is 26.3. The fraction of sp³-hybridized carbons (Fsp3) is 0. The van der Waals surface area contributed by atoms with E-state index in [4.69, 9.17) is 0 Å². The van der Waals surface area contributed by atoms with Gasteiger partial charge >= 0.3 is 0 Å². The maximum Gasteiger partial charge on any atom is 0.0473 e. The van der Waals surface area contributed by atoms with Gasteiger partial charge in [-0.3, -0.25) is 0 Å². The maximum absolute atomic E-state index is 2.34. The van der Waals surface area contributed by atoms with Crippen LogP contribution in [0.1, 0.15) is 11.1 Å². The normalized spacial score (nSPS) is 11.0. The van der Waals surface area contributed by atoms with Crippen molar-refractivity contribution < 1.29 is 0 Å². The third-order valence-electron chi connectivity index (χ3n) is 6.82. The Kier molecular flexibility index (Phi) is 7.14. The number of para-hydroxylation sites is 1. The Bertz CT molecular complexity index is 1600. The van der Waals surface area contributed by atoms with Crippen LogP contribution in [0.5, 0.6) is 0 Å². The zero-order valence-corrected chi connectivity index (χ0v) is 21.7. The van der Waals surface area contributed by atoms with Crippen LogP contribution in [0.15, 0.2) is 164 Å². The van der Waals surface area contributed by atoms with Crippen molar-refractivity contribution in [3.63, 3.8) is 0 Å². The summed E-state index contributed by atoms with van der Waals surface area (Å²) in [6, 6.07) is 57.9. The minimum absolute atomic E-state index is 1.11. The average molecular weight is 500 g/mol. The maximum atomic E-state index is 2.34. The lowest BCUT2D eigenvalue weighted by atomic mass is 9.97. The molecule has 6 aromatic rings. The van der Waals surface area contributed by atoms with Crippen LogP contribution in [-0.4, -0.2) is 0 Å². The molecule has 0 bridgehead atoms. The van der Waals surface area contributed by atoms with Gasteiger partial charge in [0.15, 0.2) is 0 Å². The second-order valence-corrected chi connectivity index (χ2v) is 9.51. The Morgan fingerprint density at radius 3 is 1.23 bits per heavy atom. The number of hydrogen-bond acceptors (Lipinski definition) is 1. The van der Waals surface area contributed by atoms with E-state index in [-0.39, 0.29) is 0 Å². The number of hydrogen-bond donors (Lipinski definition) is 0. The van der Waals surface area contributed by atoms with E-state index in [1.807, 2.05) is 6.07 Å². The zero-order valence-electron chi connectivity index (χ0n) is 21.7. The third kappa shape index (κ3) is 5.74. The lowest BCUT2D eigenvalue weighted by molar-refractivity contribution is 1.28. The first-order valence-corrected chi connectivity index (χ1v) is 13.3. The number of anilines is 3. The van der Waals surface area contributed by atoms with Crippen LogP contribution in [0, 0.1) is 0 Å². The first-order chi connectivity index (χ1) is 19.3. The van der Waals surface area contributed by atoms with Gasteiger partial charge in [0.05, 0.1) is 0 Å². The number of nitrogens with zero attached hydrogens (tertiary/aromatic N) is 1. The van der Waals surface area contributed by atoms with Crippen molar-refractivity contribution in [3.8, 4) is 22.3 Å². The van der Waals surface area contributed by atoms with E-state index in [1.54, 1.807) is 0 Å². The predicted molar refractivity (Wildman–Crippen MR) is 167 cm³/mol. The molecule has 0 unspecified atom stereocenters. The van der Waals surface area contributed by atoms with Gasteiger partial charge in [-0.2, -0.15) is 0 Å². The summed E-state index contributed by atoms with van der Waals surface area (Å²) in [6.45, 7) is 0. The highest BCUT2D eigenvalue weighted by molar-refractivity contribution is 5.85. The van der Waals surface area contributed by atoms with Crippen molar-refractivity contribution in [1.82, 2.24) is 0 Å². The van der Waals surface area contributed by atoms with Crippen LogP contribution in [-0.2, 0) is 0 Å². The van der Waals surface area contributed by atoms with Crippen LogP contribution in [0.4, 0.5) is 17.1 Å². The monoisotopic (exact) mass is 499 g/mol. The second-order valence-electron chi connectivity index (χ2n) is 9.51.